The molecule has 134 valence electrons. The van der Waals surface area contributed by atoms with Gasteiger partial charge in [-0.25, -0.2) is 0 Å². The lowest BCUT2D eigenvalue weighted by Crippen LogP contribution is -2.46. The van der Waals surface area contributed by atoms with Gasteiger partial charge in [0, 0.05) is 38.6 Å². The van der Waals surface area contributed by atoms with Crippen LogP contribution in [0.25, 0.3) is 0 Å². The lowest BCUT2D eigenvalue weighted by atomic mass is 9.96. The molecule has 0 aromatic carbocycles. The topological polar surface area (TPSA) is 56.7 Å². The standard InChI is InChI=1S/C17H32N4O.HI/c1-14-8-6-7-13-21(14)16(22)11-12-19-17(18-2)20-15-9-4-3-5-10-15;/h14-15H,3-13H2,1-2H3,(H2,18,19,20);1H. The van der Waals surface area contributed by atoms with Crippen LogP contribution in [0.2, 0.25) is 0 Å². The maximum absolute atomic E-state index is 12.3. The number of guanidine groups is 1. The number of aliphatic imine (C=N–C) groups is 1. The fourth-order valence-corrected chi connectivity index (χ4v) is 3.53. The van der Waals surface area contributed by atoms with Crippen molar-refractivity contribution in [3.05, 3.63) is 0 Å². The van der Waals surface area contributed by atoms with Crippen LogP contribution in [0.5, 0.6) is 0 Å². The van der Waals surface area contributed by atoms with Crippen LogP contribution in [0.3, 0.4) is 0 Å². The van der Waals surface area contributed by atoms with Crippen molar-refractivity contribution in [1.82, 2.24) is 15.5 Å². The Bertz CT molecular complexity index is 383. The molecule has 1 unspecified atom stereocenters. The molecule has 1 saturated carbocycles. The molecule has 2 N–H and O–H groups in total. The van der Waals surface area contributed by atoms with E-state index in [0.29, 0.717) is 25.0 Å². The number of hydrogen-bond acceptors (Lipinski definition) is 2. The largest absolute Gasteiger partial charge is 0.356 e. The number of hydrogen-bond donors (Lipinski definition) is 2. The van der Waals surface area contributed by atoms with Gasteiger partial charge in [-0.15, -0.1) is 24.0 Å². The first kappa shape index (κ1) is 20.5. The summed E-state index contributed by atoms with van der Waals surface area (Å²) < 4.78 is 0. The molecule has 0 spiro atoms. The maximum atomic E-state index is 12.3. The van der Waals surface area contributed by atoms with Crippen LogP contribution >= 0.6 is 24.0 Å². The summed E-state index contributed by atoms with van der Waals surface area (Å²) in [6.07, 6.45) is 10.5. The molecule has 23 heavy (non-hydrogen) atoms. The lowest BCUT2D eigenvalue weighted by molar-refractivity contribution is -0.134. The van der Waals surface area contributed by atoms with Gasteiger partial charge in [-0.3, -0.25) is 9.79 Å². The molecule has 1 aliphatic carbocycles. The summed E-state index contributed by atoms with van der Waals surface area (Å²) in [6.45, 7) is 3.75. The maximum Gasteiger partial charge on any atom is 0.224 e. The monoisotopic (exact) mass is 436 g/mol. The van der Waals surface area contributed by atoms with Gasteiger partial charge in [0.05, 0.1) is 0 Å². The molecular formula is C17H33IN4O. The number of halogens is 1. The zero-order chi connectivity index (χ0) is 15.8. The summed E-state index contributed by atoms with van der Waals surface area (Å²) in [4.78, 5) is 18.6. The predicted octanol–water partition coefficient (Wildman–Crippen LogP) is 2.89. The molecule has 2 rings (SSSR count). The number of nitrogens with zero attached hydrogens (tertiary/aromatic N) is 2. The lowest BCUT2D eigenvalue weighted by Gasteiger charge is -2.33. The predicted molar refractivity (Wildman–Crippen MR) is 106 cm³/mol. The third-order valence-electron chi connectivity index (χ3n) is 4.92. The number of piperidine rings is 1. The summed E-state index contributed by atoms with van der Waals surface area (Å²) in [5.41, 5.74) is 0. The van der Waals surface area contributed by atoms with E-state index in [1.165, 1.54) is 38.5 Å². The highest BCUT2D eigenvalue weighted by Crippen LogP contribution is 2.18. The van der Waals surface area contributed by atoms with Crippen LogP contribution in [0.4, 0.5) is 0 Å². The van der Waals surface area contributed by atoms with Gasteiger partial charge in [0.1, 0.15) is 0 Å². The van der Waals surface area contributed by atoms with Crippen LogP contribution in [-0.2, 0) is 4.79 Å². The highest BCUT2D eigenvalue weighted by Gasteiger charge is 2.22. The summed E-state index contributed by atoms with van der Waals surface area (Å²) in [7, 11) is 1.80. The van der Waals surface area contributed by atoms with Gasteiger partial charge in [0.2, 0.25) is 5.91 Å². The first-order valence-corrected chi connectivity index (χ1v) is 8.97. The molecule has 1 heterocycles. The Kier molecular flexibility index (Phi) is 9.90. The van der Waals surface area contributed by atoms with Gasteiger partial charge in [0.15, 0.2) is 5.96 Å². The Labute approximate surface area is 158 Å². The zero-order valence-corrected chi connectivity index (χ0v) is 17.0. The van der Waals surface area contributed by atoms with E-state index in [4.69, 9.17) is 0 Å². The molecule has 0 radical (unpaired) electrons. The number of likely N-dealkylation sites (tertiary alicyclic amines) is 1. The Hall–Kier alpha value is -0.530. The van der Waals surface area contributed by atoms with Crippen molar-refractivity contribution in [3.63, 3.8) is 0 Å². The van der Waals surface area contributed by atoms with E-state index in [1.54, 1.807) is 7.05 Å². The number of amides is 1. The van der Waals surface area contributed by atoms with Crippen molar-refractivity contribution in [3.8, 4) is 0 Å². The molecule has 0 aromatic heterocycles. The molecule has 1 atom stereocenters. The second-order valence-corrected chi connectivity index (χ2v) is 6.66. The fraction of sp³-hybridized carbons (Fsp3) is 0.882. The molecule has 0 aromatic rings. The average Bonchev–Trinajstić information content (AvgIpc) is 2.55. The first-order chi connectivity index (χ1) is 10.7. The highest BCUT2D eigenvalue weighted by atomic mass is 127. The molecule has 0 bridgehead atoms. The third kappa shape index (κ3) is 6.85. The quantitative estimate of drug-likeness (QED) is 0.405. The number of carbonyl (C=O) groups excluding carboxylic acids is 1. The number of rotatable bonds is 4. The van der Waals surface area contributed by atoms with Crippen molar-refractivity contribution < 1.29 is 4.79 Å². The summed E-state index contributed by atoms with van der Waals surface area (Å²) >= 11 is 0. The van der Waals surface area contributed by atoms with E-state index in [2.05, 4.69) is 22.5 Å². The van der Waals surface area contributed by atoms with E-state index in [1.807, 2.05) is 4.90 Å². The van der Waals surface area contributed by atoms with Crippen LogP contribution in [0.1, 0.15) is 64.7 Å². The number of nitrogens with one attached hydrogen (secondary N) is 2. The van der Waals surface area contributed by atoms with Crippen LogP contribution in [0, 0.1) is 0 Å². The third-order valence-corrected chi connectivity index (χ3v) is 4.92. The van der Waals surface area contributed by atoms with Crippen molar-refractivity contribution in [2.45, 2.75) is 76.8 Å². The van der Waals surface area contributed by atoms with Crippen LogP contribution in [0.15, 0.2) is 4.99 Å². The van der Waals surface area contributed by atoms with E-state index in [-0.39, 0.29) is 29.9 Å². The highest BCUT2D eigenvalue weighted by molar-refractivity contribution is 14.0. The van der Waals surface area contributed by atoms with Gasteiger partial charge in [0.25, 0.3) is 0 Å². The summed E-state index contributed by atoms with van der Waals surface area (Å²) in [5.74, 6) is 1.11. The van der Waals surface area contributed by atoms with Gasteiger partial charge in [-0.05, 0) is 39.0 Å². The minimum absolute atomic E-state index is 0. The van der Waals surface area contributed by atoms with E-state index < -0.39 is 0 Å². The summed E-state index contributed by atoms with van der Waals surface area (Å²) in [6, 6.07) is 0.943. The fourth-order valence-electron chi connectivity index (χ4n) is 3.53. The first-order valence-electron chi connectivity index (χ1n) is 8.97. The average molecular weight is 436 g/mol. The second-order valence-electron chi connectivity index (χ2n) is 6.66. The zero-order valence-electron chi connectivity index (χ0n) is 14.6. The molecular weight excluding hydrogens is 403 g/mol. The molecule has 2 fully saturated rings. The van der Waals surface area contributed by atoms with Crippen molar-refractivity contribution in [2.75, 3.05) is 20.1 Å². The van der Waals surface area contributed by atoms with Crippen molar-refractivity contribution >= 4 is 35.8 Å². The number of carbonyl (C=O) groups is 1. The van der Waals surface area contributed by atoms with Gasteiger partial charge >= 0.3 is 0 Å². The molecule has 6 heteroatoms. The van der Waals surface area contributed by atoms with Gasteiger partial charge in [-0.2, -0.15) is 0 Å². The molecule has 5 nitrogen and oxygen atoms in total. The Balaban J connectivity index is 0.00000264. The van der Waals surface area contributed by atoms with Crippen LogP contribution < -0.4 is 10.6 Å². The Morgan fingerprint density at radius 1 is 1.13 bits per heavy atom. The van der Waals surface area contributed by atoms with Crippen molar-refractivity contribution in [1.29, 1.82) is 0 Å². The van der Waals surface area contributed by atoms with E-state index in [9.17, 15) is 4.79 Å². The second kappa shape index (κ2) is 11.1. The molecule has 1 amide bonds. The van der Waals surface area contributed by atoms with Gasteiger partial charge in [-0.1, -0.05) is 19.3 Å². The molecule has 2 aliphatic rings. The smallest absolute Gasteiger partial charge is 0.224 e. The molecule has 1 aliphatic heterocycles. The Morgan fingerprint density at radius 2 is 1.83 bits per heavy atom. The van der Waals surface area contributed by atoms with Crippen molar-refractivity contribution in [2.24, 2.45) is 4.99 Å². The van der Waals surface area contributed by atoms with Crippen LogP contribution in [-0.4, -0.2) is 49.0 Å². The van der Waals surface area contributed by atoms with Gasteiger partial charge < -0.3 is 15.5 Å². The minimum Gasteiger partial charge on any atom is -0.356 e. The minimum atomic E-state index is 0. The van der Waals surface area contributed by atoms with E-state index >= 15 is 0 Å². The summed E-state index contributed by atoms with van der Waals surface area (Å²) in [5, 5.41) is 6.77. The molecule has 1 saturated heterocycles. The SMILES string of the molecule is CN=C(NCCC(=O)N1CCCCC1C)NC1CCCCC1.I. The Morgan fingerprint density at radius 3 is 2.48 bits per heavy atom. The normalized spacial score (nSPS) is 23.1. The van der Waals surface area contributed by atoms with E-state index in [0.717, 1.165) is 25.3 Å².